The Labute approximate surface area is 402 Å². The highest BCUT2D eigenvalue weighted by molar-refractivity contribution is 5.71. The van der Waals surface area contributed by atoms with Gasteiger partial charge in [-0.3, -0.25) is 14.4 Å². The fourth-order valence-electron chi connectivity index (χ4n) is 7.58. The first-order chi connectivity index (χ1) is 32.0. The van der Waals surface area contributed by atoms with Gasteiger partial charge >= 0.3 is 17.9 Å². The molecule has 0 heterocycles. The Morgan fingerprint density at radius 3 is 1.00 bits per heavy atom. The standard InChI is InChI=1S/C59H102O6/c1-4-7-10-13-16-19-22-25-28-29-32-34-37-40-43-46-49-52-58(61)64-55-56(65-59(62)53-50-47-44-41-38-35-31-27-24-21-18-15-12-9-6-3)54-63-57(60)51-48-45-42-39-36-33-30-26-23-20-17-14-11-8-5-2/h9,12,16,18-19,21,25,27-28,31,38,41,56H,4-8,10-11,13-15,17,20,22-24,26,29-30,32-37,39-40,42-55H2,1-3H3/b12-9-,19-16-,21-18-,28-25-,31-27-,41-38-. The van der Waals surface area contributed by atoms with E-state index in [-0.39, 0.29) is 37.5 Å². The third-order valence-electron chi connectivity index (χ3n) is 11.7. The highest BCUT2D eigenvalue weighted by atomic mass is 16.6. The van der Waals surface area contributed by atoms with Gasteiger partial charge in [-0.15, -0.1) is 0 Å². The van der Waals surface area contributed by atoms with Crippen molar-refractivity contribution < 1.29 is 28.6 Å². The molecular weight excluding hydrogens is 805 g/mol. The van der Waals surface area contributed by atoms with Gasteiger partial charge < -0.3 is 14.2 Å². The van der Waals surface area contributed by atoms with Crippen molar-refractivity contribution in [3.05, 3.63) is 72.9 Å². The molecule has 0 saturated heterocycles. The smallest absolute Gasteiger partial charge is 0.306 e. The summed E-state index contributed by atoms with van der Waals surface area (Å²) in [4.78, 5) is 38.1. The number of allylic oxidation sites excluding steroid dienone is 12. The van der Waals surface area contributed by atoms with Gasteiger partial charge in [0.25, 0.3) is 0 Å². The Balaban J connectivity index is 4.44. The van der Waals surface area contributed by atoms with Crippen LogP contribution in [0.5, 0.6) is 0 Å². The molecule has 0 amide bonds. The van der Waals surface area contributed by atoms with E-state index < -0.39 is 6.10 Å². The monoisotopic (exact) mass is 907 g/mol. The summed E-state index contributed by atoms with van der Waals surface area (Å²) in [6.45, 7) is 6.47. The second kappa shape index (κ2) is 53.5. The fourth-order valence-corrected chi connectivity index (χ4v) is 7.58. The second-order valence-electron chi connectivity index (χ2n) is 18.1. The highest BCUT2D eigenvalue weighted by Gasteiger charge is 2.19. The Morgan fingerprint density at radius 2 is 0.600 bits per heavy atom. The molecule has 0 saturated carbocycles. The third kappa shape index (κ3) is 51.7. The molecule has 6 nitrogen and oxygen atoms in total. The fraction of sp³-hybridized carbons (Fsp3) is 0.746. The lowest BCUT2D eigenvalue weighted by atomic mass is 10.0. The van der Waals surface area contributed by atoms with Gasteiger partial charge in [-0.2, -0.15) is 0 Å². The Hall–Kier alpha value is -3.15. The molecule has 374 valence electrons. The molecule has 0 radical (unpaired) electrons. The molecule has 0 N–H and O–H groups in total. The normalized spacial score (nSPS) is 12.6. The summed E-state index contributed by atoms with van der Waals surface area (Å²) in [6.07, 6.45) is 67.4. The molecule has 0 aromatic heterocycles. The number of rotatable bonds is 49. The summed E-state index contributed by atoms with van der Waals surface area (Å²) in [7, 11) is 0. The minimum absolute atomic E-state index is 0.0927. The van der Waals surface area contributed by atoms with Gasteiger partial charge in [-0.1, -0.05) is 229 Å². The number of unbranched alkanes of at least 4 members (excludes halogenated alkanes) is 26. The largest absolute Gasteiger partial charge is 0.462 e. The van der Waals surface area contributed by atoms with Gasteiger partial charge in [-0.25, -0.2) is 0 Å². The molecule has 65 heavy (non-hydrogen) atoms. The Morgan fingerprint density at radius 1 is 0.323 bits per heavy atom. The van der Waals surface area contributed by atoms with Gasteiger partial charge in [0.1, 0.15) is 13.2 Å². The van der Waals surface area contributed by atoms with Crippen molar-refractivity contribution in [3.8, 4) is 0 Å². The van der Waals surface area contributed by atoms with Crippen LogP contribution in [0.15, 0.2) is 72.9 Å². The number of esters is 3. The molecule has 0 spiro atoms. The number of hydrogen-bond acceptors (Lipinski definition) is 6. The predicted molar refractivity (Wildman–Crippen MR) is 279 cm³/mol. The van der Waals surface area contributed by atoms with E-state index in [4.69, 9.17) is 14.2 Å². The molecule has 1 atom stereocenters. The molecule has 0 bridgehead atoms. The first-order valence-electron chi connectivity index (χ1n) is 27.4. The molecule has 6 heteroatoms. The SMILES string of the molecule is CC/C=C\C/C=C\C/C=C\C/C=C\CCCCC(=O)OC(COC(=O)CCCCCCCCC/C=C\C/C=C\CCCCC)COC(=O)CCCCCCCCCCCCCCCCC. The van der Waals surface area contributed by atoms with Crippen molar-refractivity contribution in [3.63, 3.8) is 0 Å². The van der Waals surface area contributed by atoms with Crippen molar-refractivity contribution in [1.82, 2.24) is 0 Å². The minimum atomic E-state index is -0.798. The van der Waals surface area contributed by atoms with E-state index in [1.807, 2.05) is 0 Å². The molecule has 0 rings (SSSR count). The Kier molecular flexibility index (Phi) is 50.9. The van der Waals surface area contributed by atoms with Gasteiger partial charge in [0.2, 0.25) is 0 Å². The highest BCUT2D eigenvalue weighted by Crippen LogP contribution is 2.15. The molecule has 0 aliphatic heterocycles. The van der Waals surface area contributed by atoms with E-state index in [1.54, 1.807) is 0 Å². The zero-order valence-corrected chi connectivity index (χ0v) is 42.7. The van der Waals surface area contributed by atoms with E-state index in [2.05, 4.69) is 93.7 Å². The van der Waals surface area contributed by atoms with Gasteiger partial charge in [-0.05, 0) is 89.9 Å². The maximum Gasteiger partial charge on any atom is 0.306 e. The molecule has 1 unspecified atom stereocenters. The lowest BCUT2D eigenvalue weighted by Crippen LogP contribution is -2.30. The number of carbonyl (C=O) groups is 3. The van der Waals surface area contributed by atoms with E-state index in [1.165, 1.54) is 128 Å². The molecular formula is C59H102O6. The van der Waals surface area contributed by atoms with Crippen LogP contribution >= 0.6 is 0 Å². The van der Waals surface area contributed by atoms with E-state index in [9.17, 15) is 14.4 Å². The summed E-state index contributed by atoms with van der Waals surface area (Å²) in [5, 5.41) is 0. The molecule has 0 aromatic carbocycles. The van der Waals surface area contributed by atoms with Crippen LogP contribution in [-0.2, 0) is 28.6 Å². The van der Waals surface area contributed by atoms with Crippen molar-refractivity contribution >= 4 is 17.9 Å². The number of carbonyl (C=O) groups excluding carboxylic acids is 3. The maximum atomic E-state index is 12.8. The lowest BCUT2D eigenvalue weighted by Gasteiger charge is -2.18. The minimum Gasteiger partial charge on any atom is -0.462 e. The number of hydrogen-bond donors (Lipinski definition) is 0. The van der Waals surface area contributed by atoms with Crippen LogP contribution in [0.1, 0.15) is 265 Å². The summed E-state index contributed by atoms with van der Waals surface area (Å²) < 4.78 is 16.8. The maximum absolute atomic E-state index is 12.8. The topological polar surface area (TPSA) is 78.9 Å². The van der Waals surface area contributed by atoms with Crippen LogP contribution in [0.3, 0.4) is 0 Å². The molecule has 0 aliphatic carbocycles. The zero-order chi connectivity index (χ0) is 47.2. The van der Waals surface area contributed by atoms with E-state index in [0.29, 0.717) is 19.3 Å². The van der Waals surface area contributed by atoms with Crippen LogP contribution in [0.25, 0.3) is 0 Å². The Bertz CT molecular complexity index is 1230. The van der Waals surface area contributed by atoms with Crippen LogP contribution in [0, 0.1) is 0 Å². The number of ether oxygens (including phenoxy) is 3. The van der Waals surface area contributed by atoms with Crippen molar-refractivity contribution in [2.75, 3.05) is 13.2 Å². The first-order valence-corrected chi connectivity index (χ1v) is 27.4. The molecule has 0 aromatic rings. The van der Waals surface area contributed by atoms with Crippen LogP contribution in [0.4, 0.5) is 0 Å². The van der Waals surface area contributed by atoms with E-state index >= 15 is 0 Å². The lowest BCUT2D eigenvalue weighted by molar-refractivity contribution is -0.167. The van der Waals surface area contributed by atoms with Gasteiger partial charge in [0.15, 0.2) is 6.10 Å². The van der Waals surface area contributed by atoms with Crippen molar-refractivity contribution in [2.24, 2.45) is 0 Å². The average molecular weight is 907 g/mol. The average Bonchev–Trinajstić information content (AvgIpc) is 3.30. The third-order valence-corrected chi connectivity index (χ3v) is 11.7. The summed E-state index contributed by atoms with van der Waals surface area (Å²) >= 11 is 0. The second-order valence-corrected chi connectivity index (χ2v) is 18.1. The zero-order valence-electron chi connectivity index (χ0n) is 42.7. The predicted octanol–water partition coefficient (Wildman–Crippen LogP) is 18.2. The van der Waals surface area contributed by atoms with Crippen LogP contribution in [0.2, 0.25) is 0 Å². The van der Waals surface area contributed by atoms with Crippen molar-refractivity contribution in [2.45, 2.75) is 271 Å². The quantitative estimate of drug-likeness (QED) is 0.0262. The molecule has 0 aliphatic rings. The van der Waals surface area contributed by atoms with Gasteiger partial charge in [0.05, 0.1) is 0 Å². The van der Waals surface area contributed by atoms with Crippen molar-refractivity contribution in [1.29, 1.82) is 0 Å². The summed E-state index contributed by atoms with van der Waals surface area (Å²) in [6, 6.07) is 0. The van der Waals surface area contributed by atoms with Crippen LogP contribution in [-0.4, -0.2) is 37.2 Å². The first kappa shape index (κ1) is 61.9. The van der Waals surface area contributed by atoms with Crippen LogP contribution < -0.4 is 0 Å². The van der Waals surface area contributed by atoms with Gasteiger partial charge in [0, 0.05) is 19.3 Å². The summed E-state index contributed by atoms with van der Waals surface area (Å²) in [5.41, 5.74) is 0. The van der Waals surface area contributed by atoms with E-state index in [0.717, 1.165) is 89.9 Å². The molecule has 0 fully saturated rings. The summed E-state index contributed by atoms with van der Waals surface area (Å²) in [5.74, 6) is -0.936.